The zero-order chi connectivity index (χ0) is 25.8. The molecule has 2 amide bonds. The van der Waals surface area contributed by atoms with Crippen molar-refractivity contribution in [1.82, 2.24) is 10.2 Å². The minimum atomic E-state index is -4.75. The van der Waals surface area contributed by atoms with Crippen LogP contribution < -0.4 is 9.62 Å². The fourth-order valence-corrected chi connectivity index (χ4v) is 4.36. The smallest absolute Gasteiger partial charge is 0.357 e. The van der Waals surface area contributed by atoms with E-state index < -0.39 is 51.9 Å². The molecule has 0 saturated carbocycles. The first kappa shape index (κ1) is 27.5. The fourth-order valence-electron chi connectivity index (χ4n) is 3.24. The molecule has 186 valence electrons. The second kappa shape index (κ2) is 10.6. The first-order valence-electron chi connectivity index (χ1n) is 10.1. The van der Waals surface area contributed by atoms with Crippen molar-refractivity contribution in [3.63, 3.8) is 0 Å². The molecule has 12 heteroatoms. The Kier molecular flexibility index (Phi) is 8.59. The van der Waals surface area contributed by atoms with Gasteiger partial charge in [0, 0.05) is 13.6 Å². The lowest BCUT2D eigenvalue weighted by Gasteiger charge is -2.32. The molecule has 0 bridgehead atoms. The van der Waals surface area contributed by atoms with E-state index in [1.807, 2.05) is 13.0 Å². The highest BCUT2D eigenvalue weighted by Crippen LogP contribution is 2.36. The molecule has 0 radical (unpaired) electrons. The van der Waals surface area contributed by atoms with Crippen LogP contribution in [0.1, 0.15) is 23.6 Å². The van der Waals surface area contributed by atoms with Crippen LogP contribution in [0.4, 0.5) is 18.9 Å². The second-order valence-corrected chi connectivity index (χ2v) is 9.99. The van der Waals surface area contributed by atoms with E-state index in [-0.39, 0.29) is 11.6 Å². The van der Waals surface area contributed by atoms with Crippen LogP contribution in [0.5, 0.6) is 0 Å². The quantitative estimate of drug-likeness (QED) is 0.577. The summed E-state index contributed by atoms with van der Waals surface area (Å²) in [5.41, 5.74) is -0.0563. The monoisotopic (exact) mass is 519 g/mol. The maximum absolute atomic E-state index is 13.3. The molecule has 2 rings (SSSR count). The number of carbonyl (C=O) groups is 2. The van der Waals surface area contributed by atoms with Crippen LogP contribution in [0.25, 0.3) is 0 Å². The lowest BCUT2D eigenvalue weighted by Crippen LogP contribution is -2.50. The molecule has 0 aliphatic heterocycles. The molecule has 0 aliphatic carbocycles. The van der Waals surface area contributed by atoms with Gasteiger partial charge < -0.3 is 10.2 Å². The van der Waals surface area contributed by atoms with Crippen LogP contribution in [0.15, 0.2) is 42.5 Å². The summed E-state index contributed by atoms with van der Waals surface area (Å²) in [6, 6.07) is 8.33. The number of alkyl halides is 3. The number of nitrogens with one attached hydrogen (secondary N) is 1. The second-order valence-electron chi connectivity index (χ2n) is 7.67. The van der Waals surface area contributed by atoms with Gasteiger partial charge in [0.25, 0.3) is 0 Å². The highest BCUT2D eigenvalue weighted by atomic mass is 35.5. The normalized spacial score (nSPS) is 12.7. The number of hydrogen-bond acceptors (Lipinski definition) is 4. The number of anilines is 1. The van der Waals surface area contributed by atoms with E-state index in [4.69, 9.17) is 11.6 Å². The van der Waals surface area contributed by atoms with Crippen molar-refractivity contribution in [3.8, 4) is 0 Å². The number of likely N-dealkylation sites (N-methyl/N-ethyl adjacent to an activating group) is 1. The Morgan fingerprint density at radius 2 is 1.76 bits per heavy atom. The first-order valence-corrected chi connectivity index (χ1v) is 12.3. The topological polar surface area (TPSA) is 86.8 Å². The summed E-state index contributed by atoms with van der Waals surface area (Å²) in [5.74, 6) is -1.29. The molecule has 0 spiro atoms. The van der Waals surface area contributed by atoms with Crippen molar-refractivity contribution in [2.24, 2.45) is 0 Å². The van der Waals surface area contributed by atoms with E-state index in [1.165, 1.54) is 18.9 Å². The van der Waals surface area contributed by atoms with Gasteiger partial charge in [-0.2, -0.15) is 13.2 Å². The van der Waals surface area contributed by atoms with Gasteiger partial charge in [0.2, 0.25) is 21.8 Å². The molecule has 34 heavy (non-hydrogen) atoms. The number of sulfonamides is 1. The van der Waals surface area contributed by atoms with Crippen molar-refractivity contribution >= 4 is 39.1 Å². The molecule has 7 nitrogen and oxygen atoms in total. The van der Waals surface area contributed by atoms with E-state index in [0.717, 1.165) is 23.4 Å². The van der Waals surface area contributed by atoms with Crippen molar-refractivity contribution in [2.45, 2.75) is 32.6 Å². The van der Waals surface area contributed by atoms with E-state index in [1.54, 1.807) is 18.2 Å². The number of benzene rings is 2. The van der Waals surface area contributed by atoms with Crippen LogP contribution in [0.3, 0.4) is 0 Å². The van der Waals surface area contributed by atoms with Crippen LogP contribution >= 0.6 is 11.6 Å². The molecule has 1 N–H and O–H groups in total. The average molecular weight is 520 g/mol. The summed E-state index contributed by atoms with van der Waals surface area (Å²) >= 11 is 6.03. The SMILES string of the molecule is CNC(=O)[C@H](C)N(Cc1ccccc1C)C(=O)CN(c1cc(C(F)(F)F)ccc1Cl)S(C)(=O)=O. The number of amides is 2. The number of carbonyl (C=O) groups excluding carboxylic acids is 2. The van der Waals surface area contributed by atoms with Gasteiger partial charge in [0.15, 0.2) is 0 Å². The van der Waals surface area contributed by atoms with Gasteiger partial charge in [-0.05, 0) is 43.2 Å². The van der Waals surface area contributed by atoms with E-state index >= 15 is 0 Å². The molecule has 1 atom stereocenters. The van der Waals surface area contributed by atoms with E-state index in [2.05, 4.69) is 5.32 Å². The Bertz CT molecular complexity index is 1170. The third-order valence-corrected chi connectivity index (χ3v) is 6.68. The maximum atomic E-state index is 13.3. The Morgan fingerprint density at radius 1 is 1.15 bits per heavy atom. The lowest BCUT2D eigenvalue weighted by atomic mass is 10.1. The number of aryl methyl sites for hydroxylation is 1. The molecule has 0 aliphatic rings. The van der Waals surface area contributed by atoms with Crippen LogP contribution in [-0.4, -0.2) is 51.0 Å². The minimum Gasteiger partial charge on any atom is -0.357 e. The Labute approximate surface area is 201 Å². The zero-order valence-corrected chi connectivity index (χ0v) is 20.6. The van der Waals surface area contributed by atoms with Crippen molar-refractivity contribution in [3.05, 3.63) is 64.2 Å². The molecule has 0 heterocycles. The van der Waals surface area contributed by atoms with Crippen molar-refractivity contribution in [1.29, 1.82) is 0 Å². The van der Waals surface area contributed by atoms with Gasteiger partial charge in [0.1, 0.15) is 12.6 Å². The van der Waals surface area contributed by atoms with Crippen molar-refractivity contribution < 1.29 is 31.2 Å². The maximum Gasteiger partial charge on any atom is 0.416 e. The number of halogens is 4. The largest absolute Gasteiger partial charge is 0.416 e. The van der Waals surface area contributed by atoms with Gasteiger partial charge in [-0.15, -0.1) is 0 Å². The number of nitrogens with zero attached hydrogens (tertiary/aromatic N) is 2. The molecular weight excluding hydrogens is 495 g/mol. The first-order chi connectivity index (χ1) is 15.7. The molecule has 0 saturated heterocycles. The summed E-state index contributed by atoms with van der Waals surface area (Å²) in [7, 11) is -2.84. The Balaban J connectivity index is 2.51. The predicted molar refractivity (Wildman–Crippen MR) is 124 cm³/mol. The third-order valence-electron chi connectivity index (χ3n) is 5.24. The van der Waals surface area contributed by atoms with Gasteiger partial charge in [-0.25, -0.2) is 8.42 Å². The van der Waals surface area contributed by atoms with Crippen molar-refractivity contribution in [2.75, 3.05) is 24.2 Å². The number of hydrogen-bond donors (Lipinski definition) is 1. The number of rotatable bonds is 8. The van der Waals surface area contributed by atoms with Crippen LogP contribution in [0, 0.1) is 6.92 Å². The van der Waals surface area contributed by atoms with Gasteiger partial charge in [-0.1, -0.05) is 35.9 Å². The highest BCUT2D eigenvalue weighted by molar-refractivity contribution is 7.92. The van der Waals surface area contributed by atoms with Gasteiger partial charge >= 0.3 is 6.18 Å². The van der Waals surface area contributed by atoms with E-state index in [0.29, 0.717) is 16.4 Å². The van der Waals surface area contributed by atoms with Crippen LogP contribution in [0.2, 0.25) is 5.02 Å². The summed E-state index contributed by atoms with van der Waals surface area (Å²) in [5, 5.41) is 2.16. The Hall–Kier alpha value is -2.79. The summed E-state index contributed by atoms with van der Waals surface area (Å²) in [6.45, 7) is 2.41. The highest BCUT2D eigenvalue weighted by Gasteiger charge is 2.34. The Morgan fingerprint density at radius 3 is 2.29 bits per heavy atom. The standard InChI is InChI=1S/C22H25ClF3N3O4S/c1-14-7-5-6-8-16(14)12-28(15(2)21(31)27-3)20(30)13-29(34(4,32)33)19-11-17(22(24,25)26)9-10-18(19)23/h5-11,15H,12-13H2,1-4H3,(H,27,31)/t15-/m0/s1. The predicted octanol–water partition coefficient (Wildman–Crippen LogP) is 3.60. The molecule has 0 aromatic heterocycles. The fraction of sp³-hybridized carbons (Fsp3) is 0.364. The third kappa shape index (κ3) is 6.63. The summed E-state index contributed by atoms with van der Waals surface area (Å²) in [4.78, 5) is 26.8. The van der Waals surface area contributed by atoms with Crippen LogP contribution in [-0.2, 0) is 32.3 Å². The summed E-state index contributed by atoms with van der Waals surface area (Å²) in [6.07, 6.45) is -4.00. The minimum absolute atomic E-state index is 0.0198. The molecule has 2 aromatic carbocycles. The lowest BCUT2D eigenvalue weighted by molar-refractivity contribution is -0.139. The van der Waals surface area contributed by atoms with E-state index in [9.17, 15) is 31.2 Å². The zero-order valence-electron chi connectivity index (χ0n) is 19.0. The molecule has 0 unspecified atom stereocenters. The molecule has 2 aromatic rings. The molecule has 0 fully saturated rings. The molecular formula is C22H25ClF3N3O4S. The van der Waals surface area contributed by atoms with Gasteiger partial charge in [0.05, 0.1) is 22.5 Å². The average Bonchev–Trinajstić information content (AvgIpc) is 2.74. The van der Waals surface area contributed by atoms with Gasteiger partial charge in [-0.3, -0.25) is 13.9 Å². The summed E-state index contributed by atoms with van der Waals surface area (Å²) < 4.78 is 65.2.